The lowest BCUT2D eigenvalue weighted by molar-refractivity contribution is -0.114. The number of hydrogen-bond acceptors (Lipinski definition) is 8. The van der Waals surface area contributed by atoms with Crippen molar-refractivity contribution in [2.45, 2.75) is 9.79 Å². The number of nitrogens with zero attached hydrogens (tertiary/aromatic N) is 2. The van der Waals surface area contributed by atoms with Crippen LogP contribution in [0.2, 0.25) is 0 Å². The van der Waals surface area contributed by atoms with Crippen LogP contribution in [-0.4, -0.2) is 33.3 Å². The van der Waals surface area contributed by atoms with Crippen LogP contribution < -0.4 is 10.6 Å². The fraction of sp³-hybridized carbons (Fsp3) is 0.0909. The molecule has 10 heteroatoms. The standard InChI is InChI=1S/C22H18N4O2S4/c27-19(13-29-15-7-3-1-4-8-15)25-21-23-17(11-31-21)18-12-32-22(24-18)26-20(28)14-30-16-9-5-2-6-10-16/h1-12H,13-14H2,(H,23,25,27)(H,24,26,28). The van der Waals surface area contributed by atoms with E-state index < -0.39 is 0 Å². The Kier molecular flexibility index (Phi) is 7.94. The molecule has 2 N–H and O–H groups in total. The molecule has 0 fully saturated rings. The number of thioether (sulfide) groups is 2. The highest BCUT2D eigenvalue weighted by Gasteiger charge is 2.13. The van der Waals surface area contributed by atoms with E-state index >= 15 is 0 Å². The summed E-state index contributed by atoms with van der Waals surface area (Å²) in [6, 6.07) is 19.5. The predicted molar refractivity (Wildman–Crippen MR) is 135 cm³/mol. The molecule has 0 bridgehead atoms. The number of aromatic nitrogens is 2. The van der Waals surface area contributed by atoms with Gasteiger partial charge in [0.1, 0.15) is 11.4 Å². The third-order valence-electron chi connectivity index (χ3n) is 3.99. The number of thiazole rings is 2. The average molecular weight is 499 g/mol. The number of rotatable bonds is 9. The van der Waals surface area contributed by atoms with Crippen LogP contribution in [0.4, 0.5) is 10.3 Å². The Balaban J connectivity index is 1.27. The van der Waals surface area contributed by atoms with Gasteiger partial charge < -0.3 is 10.6 Å². The summed E-state index contributed by atoms with van der Waals surface area (Å²) in [5, 5.41) is 10.4. The summed E-state index contributed by atoms with van der Waals surface area (Å²) >= 11 is 5.64. The van der Waals surface area contributed by atoms with Crippen molar-refractivity contribution in [2.75, 3.05) is 22.1 Å². The number of carbonyl (C=O) groups excluding carboxylic acids is 2. The number of anilines is 2. The first-order chi connectivity index (χ1) is 15.7. The lowest BCUT2D eigenvalue weighted by Crippen LogP contribution is -2.14. The van der Waals surface area contributed by atoms with E-state index in [0.29, 0.717) is 33.2 Å². The van der Waals surface area contributed by atoms with Crippen molar-refractivity contribution >= 4 is 68.3 Å². The minimum Gasteiger partial charge on any atom is -0.301 e. The third kappa shape index (κ3) is 6.67. The number of carbonyl (C=O) groups is 2. The second-order valence-electron chi connectivity index (χ2n) is 6.38. The zero-order chi connectivity index (χ0) is 22.2. The van der Waals surface area contributed by atoms with E-state index in [2.05, 4.69) is 20.6 Å². The fourth-order valence-corrected chi connectivity index (χ4v) is 5.42. The Bertz CT molecular complexity index is 1090. The molecule has 0 saturated heterocycles. The third-order valence-corrected chi connectivity index (χ3v) is 7.53. The van der Waals surface area contributed by atoms with Gasteiger partial charge in [-0.3, -0.25) is 9.59 Å². The molecule has 4 aromatic rings. The molecule has 32 heavy (non-hydrogen) atoms. The molecule has 4 rings (SSSR count). The SMILES string of the molecule is O=C(CSc1ccccc1)Nc1nc(-c2csc(NC(=O)CSc3ccccc3)n2)cs1. The first-order valence-corrected chi connectivity index (χ1v) is 13.3. The summed E-state index contributed by atoms with van der Waals surface area (Å²) in [6.07, 6.45) is 0. The van der Waals surface area contributed by atoms with Gasteiger partial charge in [-0.25, -0.2) is 9.97 Å². The van der Waals surface area contributed by atoms with Gasteiger partial charge in [-0.05, 0) is 24.3 Å². The molecule has 0 atom stereocenters. The summed E-state index contributed by atoms with van der Waals surface area (Å²) in [6.45, 7) is 0. The molecule has 0 unspecified atom stereocenters. The number of benzene rings is 2. The lowest BCUT2D eigenvalue weighted by atomic mass is 10.4. The Morgan fingerprint density at radius 1 is 0.688 bits per heavy atom. The molecule has 0 aliphatic rings. The summed E-state index contributed by atoms with van der Waals surface area (Å²) in [5.41, 5.74) is 1.33. The topological polar surface area (TPSA) is 84.0 Å². The molecule has 2 aromatic heterocycles. The number of amides is 2. The minimum absolute atomic E-state index is 0.109. The summed E-state index contributed by atoms with van der Waals surface area (Å²) in [7, 11) is 0. The quantitative estimate of drug-likeness (QED) is 0.287. The highest BCUT2D eigenvalue weighted by molar-refractivity contribution is 8.00. The second kappa shape index (κ2) is 11.3. The van der Waals surface area contributed by atoms with E-state index in [1.165, 1.54) is 46.2 Å². The van der Waals surface area contributed by atoms with E-state index in [1.807, 2.05) is 71.4 Å². The van der Waals surface area contributed by atoms with E-state index in [-0.39, 0.29) is 11.8 Å². The molecule has 2 aromatic carbocycles. The molecule has 6 nitrogen and oxygen atoms in total. The Morgan fingerprint density at radius 3 is 1.50 bits per heavy atom. The Morgan fingerprint density at radius 2 is 1.09 bits per heavy atom. The van der Waals surface area contributed by atoms with Gasteiger partial charge in [-0.1, -0.05) is 36.4 Å². The zero-order valence-electron chi connectivity index (χ0n) is 16.7. The maximum atomic E-state index is 12.2. The molecule has 0 aliphatic heterocycles. The molecule has 0 saturated carbocycles. The van der Waals surface area contributed by atoms with E-state index in [0.717, 1.165) is 9.79 Å². The van der Waals surface area contributed by atoms with Gasteiger partial charge in [0.2, 0.25) is 11.8 Å². The Labute approximate surface area is 201 Å². The Hall–Kier alpha value is -2.66. The van der Waals surface area contributed by atoms with Crippen LogP contribution in [0.15, 0.2) is 81.2 Å². The van der Waals surface area contributed by atoms with Gasteiger partial charge >= 0.3 is 0 Å². The van der Waals surface area contributed by atoms with Gasteiger partial charge in [0.15, 0.2) is 10.3 Å². The van der Waals surface area contributed by atoms with Gasteiger partial charge in [0.25, 0.3) is 0 Å². The average Bonchev–Trinajstić information content (AvgIpc) is 3.47. The largest absolute Gasteiger partial charge is 0.301 e. The lowest BCUT2D eigenvalue weighted by Gasteiger charge is -2.02. The molecule has 2 amide bonds. The maximum Gasteiger partial charge on any atom is 0.236 e. The van der Waals surface area contributed by atoms with Crippen molar-refractivity contribution in [1.82, 2.24) is 9.97 Å². The van der Waals surface area contributed by atoms with Crippen molar-refractivity contribution in [3.8, 4) is 11.4 Å². The zero-order valence-corrected chi connectivity index (χ0v) is 20.0. The van der Waals surface area contributed by atoms with Crippen LogP contribution in [0.25, 0.3) is 11.4 Å². The summed E-state index contributed by atoms with van der Waals surface area (Å²) < 4.78 is 0. The van der Waals surface area contributed by atoms with Crippen LogP contribution in [0.5, 0.6) is 0 Å². The van der Waals surface area contributed by atoms with Crippen LogP contribution in [-0.2, 0) is 9.59 Å². The van der Waals surface area contributed by atoms with Crippen LogP contribution in [0.3, 0.4) is 0 Å². The summed E-state index contributed by atoms with van der Waals surface area (Å²) in [4.78, 5) is 35.4. The minimum atomic E-state index is -0.109. The first kappa shape index (κ1) is 22.5. The number of nitrogens with one attached hydrogen (secondary N) is 2. The molecular weight excluding hydrogens is 481 g/mol. The van der Waals surface area contributed by atoms with Crippen molar-refractivity contribution in [1.29, 1.82) is 0 Å². The molecule has 162 valence electrons. The normalized spacial score (nSPS) is 10.6. The predicted octanol–water partition coefficient (Wildman–Crippen LogP) is 5.73. The number of hydrogen-bond donors (Lipinski definition) is 2. The maximum absolute atomic E-state index is 12.2. The van der Waals surface area contributed by atoms with Crippen LogP contribution in [0.1, 0.15) is 0 Å². The van der Waals surface area contributed by atoms with E-state index in [1.54, 1.807) is 0 Å². The van der Waals surface area contributed by atoms with Crippen molar-refractivity contribution in [3.63, 3.8) is 0 Å². The van der Waals surface area contributed by atoms with Crippen molar-refractivity contribution < 1.29 is 9.59 Å². The molecule has 2 heterocycles. The molecule has 0 spiro atoms. The molecular formula is C22H18N4O2S4. The van der Waals surface area contributed by atoms with Gasteiger partial charge in [0, 0.05) is 20.6 Å². The van der Waals surface area contributed by atoms with Crippen LogP contribution in [0, 0.1) is 0 Å². The highest BCUT2D eigenvalue weighted by atomic mass is 32.2. The van der Waals surface area contributed by atoms with Crippen LogP contribution >= 0.6 is 46.2 Å². The van der Waals surface area contributed by atoms with Gasteiger partial charge in [-0.2, -0.15) is 0 Å². The van der Waals surface area contributed by atoms with Crippen molar-refractivity contribution in [3.05, 3.63) is 71.4 Å². The molecule has 0 radical (unpaired) electrons. The fourth-order valence-electron chi connectivity index (χ4n) is 2.54. The first-order valence-electron chi connectivity index (χ1n) is 9.52. The molecule has 0 aliphatic carbocycles. The van der Waals surface area contributed by atoms with E-state index in [9.17, 15) is 9.59 Å². The highest BCUT2D eigenvalue weighted by Crippen LogP contribution is 2.28. The monoisotopic (exact) mass is 498 g/mol. The van der Waals surface area contributed by atoms with Crippen molar-refractivity contribution in [2.24, 2.45) is 0 Å². The summed E-state index contributed by atoms with van der Waals surface area (Å²) in [5.74, 6) is 0.406. The van der Waals surface area contributed by atoms with Gasteiger partial charge in [0.05, 0.1) is 11.5 Å². The van der Waals surface area contributed by atoms with E-state index in [4.69, 9.17) is 0 Å². The second-order valence-corrected chi connectivity index (χ2v) is 10.2. The smallest absolute Gasteiger partial charge is 0.236 e. The van der Waals surface area contributed by atoms with Gasteiger partial charge in [-0.15, -0.1) is 46.2 Å².